The van der Waals surface area contributed by atoms with Crippen molar-refractivity contribution in [3.63, 3.8) is 0 Å². The first-order valence-corrected chi connectivity index (χ1v) is 9.94. The minimum atomic E-state index is 0.691. The van der Waals surface area contributed by atoms with E-state index in [-0.39, 0.29) is 0 Å². The van der Waals surface area contributed by atoms with E-state index >= 15 is 0 Å². The number of nitrogens with one attached hydrogen (secondary N) is 1. The highest BCUT2D eigenvalue weighted by atomic mass is 15.3. The van der Waals surface area contributed by atoms with E-state index in [9.17, 15) is 0 Å². The number of anilines is 5. The average molecular weight is 376 g/mol. The van der Waals surface area contributed by atoms with Crippen molar-refractivity contribution in [2.75, 3.05) is 34.8 Å². The van der Waals surface area contributed by atoms with Gasteiger partial charge in [-0.1, -0.05) is 18.2 Å². The Morgan fingerprint density at radius 3 is 2.25 bits per heavy atom. The number of rotatable bonds is 8. The van der Waals surface area contributed by atoms with Crippen LogP contribution in [-0.4, -0.2) is 29.6 Å². The minimum Gasteiger partial charge on any atom is -0.372 e. The van der Waals surface area contributed by atoms with Crippen molar-refractivity contribution in [1.29, 1.82) is 0 Å². The highest BCUT2D eigenvalue weighted by Gasteiger charge is 2.11. The van der Waals surface area contributed by atoms with Crippen LogP contribution in [-0.2, 0) is 0 Å². The summed E-state index contributed by atoms with van der Waals surface area (Å²) in [7, 11) is 0. The SMILES string of the molecule is CCN(CC)c1ccc(Nc2ccnc(N(CC)c3ccccc3)n2)c(C)c1. The van der Waals surface area contributed by atoms with E-state index in [0.29, 0.717) is 5.95 Å². The number of hydrogen-bond donors (Lipinski definition) is 1. The number of nitrogens with zero attached hydrogens (tertiary/aromatic N) is 4. The second-order valence-corrected chi connectivity index (χ2v) is 6.62. The van der Waals surface area contributed by atoms with E-state index in [2.05, 4.69) is 78.1 Å². The Balaban J connectivity index is 1.83. The molecular formula is C23H29N5. The monoisotopic (exact) mass is 375 g/mol. The molecule has 1 N–H and O–H groups in total. The van der Waals surface area contributed by atoms with Gasteiger partial charge in [-0.2, -0.15) is 4.98 Å². The third kappa shape index (κ3) is 4.42. The second kappa shape index (κ2) is 9.22. The van der Waals surface area contributed by atoms with Crippen LogP contribution in [0.5, 0.6) is 0 Å². The summed E-state index contributed by atoms with van der Waals surface area (Å²) >= 11 is 0. The van der Waals surface area contributed by atoms with Gasteiger partial charge in [-0.25, -0.2) is 4.98 Å². The first-order valence-electron chi connectivity index (χ1n) is 9.94. The number of para-hydroxylation sites is 1. The summed E-state index contributed by atoms with van der Waals surface area (Å²) in [5.41, 5.74) is 4.59. The molecule has 0 bridgehead atoms. The van der Waals surface area contributed by atoms with Crippen molar-refractivity contribution in [2.45, 2.75) is 27.7 Å². The predicted octanol–water partition coefficient (Wildman–Crippen LogP) is 5.53. The van der Waals surface area contributed by atoms with Crippen LogP contribution in [0.4, 0.5) is 28.8 Å². The van der Waals surface area contributed by atoms with Gasteiger partial charge in [0, 0.05) is 42.9 Å². The summed E-state index contributed by atoms with van der Waals surface area (Å²) in [5, 5.41) is 3.45. The van der Waals surface area contributed by atoms with Crippen molar-refractivity contribution in [3.05, 3.63) is 66.4 Å². The van der Waals surface area contributed by atoms with Crippen LogP contribution in [0, 0.1) is 6.92 Å². The van der Waals surface area contributed by atoms with Crippen LogP contribution in [0.1, 0.15) is 26.3 Å². The van der Waals surface area contributed by atoms with E-state index in [1.165, 1.54) is 11.3 Å². The van der Waals surface area contributed by atoms with Crippen LogP contribution in [0.2, 0.25) is 0 Å². The number of benzene rings is 2. The summed E-state index contributed by atoms with van der Waals surface area (Å²) in [6.45, 7) is 11.4. The fraction of sp³-hybridized carbons (Fsp3) is 0.304. The molecule has 0 aliphatic rings. The Kier molecular flexibility index (Phi) is 6.48. The molecule has 28 heavy (non-hydrogen) atoms. The molecule has 2 aromatic carbocycles. The van der Waals surface area contributed by atoms with Gasteiger partial charge in [0.2, 0.25) is 5.95 Å². The molecule has 3 aromatic rings. The molecule has 0 aliphatic carbocycles. The molecule has 0 unspecified atom stereocenters. The van der Waals surface area contributed by atoms with E-state index < -0.39 is 0 Å². The Bertz CT molecular complexity index is 891. The number of aromatic nitrogens is 2. The lowest BCUT2D eigenvalue weighted by molar-refractivity contribution is 0.866. The van der Waals surface area contributed by atoms with E-state index in [1.54, 1.807) is 6.20 Å². The largest absolute Gasteiger partial charge is 0.372 e. The van der Waals surface area contributed by atoms with Crippen LogP contribution >= 0.6 is 0 Å². The zero-order valence-corrected chi connectivity index (χ0v) is 17.2. The first-order chi connectivity index (χ1) is 13.7. The molecule has 146 valence electrons. The summed E-state index contributed by atoms with van der Waals surface area (Å²) < 4.78 is 0. The normalized spacial score (nSPS) is 10.6. The molecule has 0 amide bonds. The quantitative estimate of drug-likeness (QED) is 0.560. The van der Waals surface area contributed by atoms with Gasteiger partial charge < -0.3 is 15.1 Å². The highest BCUT2D eigenvalue weighted by Crippen LogP contribution is 2.27. The van der Waals surface area contributed by atoms with Gasteiger partial charge in [-0.3, -0.25) is 0 Å². The maximum atomic E-state index is 4.74. The van der Waals surface area contributed by atoms with E-state index in [0.717, 1.165) is 36.8 Å². The van der Waals surface area contributed by atoms with Crippen molar-refractivity contribution in [1.82, 2.24) is 9.97 Å². The van der Waals surface area contributed by atoms with Crippen LogP contribution in [0.25, 0.3) is 0 Å². The lowest BCUT2D eigenvalue weighted by Gasteiger charge is -2.23. The molecule has 0 spiro atoms. The van der Waals surface area contributed by atoms with Crippen molar-refractivity contribution < 1.29 is 0 Å². The summed E-state index contributed by atoms with van der Waals surface area (Å²) in [4.78, 5) is 13.7. The third-order valence-corrected chi connectivity index (χ3v) is 4.87. The molecule has 0 aliphatic heterocycles. The average Bonchev–Trinajstić information content (AvgIpc) is 2.73. The van der Waals surface area contributed by atoms with Crippen molar-refractivity contribution in [2.24, 2.45) is 0 Å². The molecule has 0 fully saturated rings. The number of aryl methyl sites for hydroxylation is 1. The van der Waals surface area contributed by atoms with E-state index in [4.69, 9.17) is 4.98 Å². The highest BCUT2D eigenvalue weighted by molar-refractivity contribution is 5.66. The van der Waals surface area contributed by atoms with Crippen LogP contribution in [0.15, 0.2) is 60.8 Å². The van der Waals surface area contributed by atoms with Gasteiger partial charge in [0.15, 0.2) is 0 Å². The lowest BCUT2D eigenvalue weighted by atomic mass is 10.1. The zero-order chi connectivity index (χ0) is 19.9. The van der Waals surface area contributed by atoms with Crippen molar-refractivity contribution in [3.8, 4) is 0 Å². The predicted molar refractivity (Wildman–Crippen MR) is 119 cm³/mol. The fourth-order valence-corrected chi connectivity index (χ4v) is 3.31. The van der Waals surface area contributed by atoms with Crippen molar-refractivity contribution >= 4 is 28.8 Å². The molecule has 0 saturated carbocycles. The second-order valence-electron chi connectivity index (χ2n) is 6.62. The maximum absolute atomic E-state index is 4.74. The molecular weight excluding hydrogens is 346 g/mol. The molecule has 1 heterocycles. The topological polar surface area (TPSA) is 44.3 Å². The lowest BCUT2D eigenvalue weighted by Crippen LogP contribution is -2.21. The summed E-state index contributed by atoms with van der Waals surface area (Å²) in [5.74, 6) is 1.48. The molecule has 1 aromatic heterocycles. The van der Waals surface area contributed by atoms with Crippen LogP contribution < -0.4 is 15.1 Å². The Morgan fingerprint density at radius 2 is 1.61 bits per heavy atom. The zero-order valence-electron chi connectivity index (χ0n) is 17.2. The molecule has 5 nitrogen and oxygen atoms in total. The Hall–Kier alpha value is -3.08. The molecule has 0 radical (unpaired) electrons. The number of hydrogen-bond acceptors (Lipinski definition) is 5. The fourth-order valence-electron chi connectivity index (χ4n) is 3.31. The van der Waals surface area contributed by atoms with Gasteiger partial charge in [-0.15, -0.1) is 0 Å². The van der Waals surface area contributed by atoms with E-state index in [1.807, 2.05) is 24.3 Å². The van der Waals surface area contributed by atoms with Gasteiger partial charge in [0.05, 0.1) is 0 Å². The molecule has 0 atom stereocenters. The standard InChI is InChI=1S/C23H29N5/c1-5-27(6-2)20-13-14-21(18(4)17-20)25-22-15-16-24-23(26-22)28(7-3)19-11-9-8-10-12-19/h8-17H,5-7H2,1-4H3,(H,24,25,26). The smallest absolute Gasteiger partial charge is 0.231 e. The van der Waals surface area contributed by atoms with Gasteiger partial charge in [0.1, 0.15) is 5.82 Å². The van der Waals surface area contributed by atoms with Crippen LogP contribution in [0.3, 0.4) is 0 Å². The summed E-state index contributed by atoms with van der Waals surface area (Å²) in [6.07, 6.45) is 1.80. The molecule has 3 rings (SSSR count). The van der Waals surface area contributed by atoms with Gasteiger partial charge in [-0.05, 0) is 69.7 Å². The molecule has 0 saturated heterocycles. The summed E-state index contributed by atoms with van der Waals surface area (Å²) in [6, 6.07) is 18.6. The molecule has 5 heteroatoms. The minimum absolute atomic E-state index is 0.691. The third-order valence-electron chi connectivity index (χ3n) is 4.87. The van der Waals surface area contributed by atoms with Gasteiger partial charge in [0.25, 0.3) is 0 Å². The maximum Gasteiger partial charge on any atom is 0.231 e. The van der Waals surface area contributed by atoms with Gasteiger partial charge >= 0.3 is 0 Å². The Labute approximate surface area is 168 Å². The first kappa shape index (κ1) is 19.7. The Morgan fingerprint density at radius 1 is 0.857 bits per heavy atom.